The first kappa shape index (κ1) is 19.2. The summed E-state index contributed by atoms with van der Waals surface area (Å²) in [7, 11) is 0. The summed E-state index contributed by atoms with van der Waals surface area (Å²) in [6, 6.07) is 14.6. The number of carbonyl (C=O) groups excluding carboxylic acids is 2. The lowest BCUT2D eigenvalue weighted by Gasteiger charge is -2.40. The van der Waals surface area contributed by atoms with Crippen LogP contribution in [-0.4, -0.2) is 18.1 Å². The van der Waals surface area contributed by atoms with Crippen LogP contribution in [0.2, 0.25) is 0 Å². The Labute approximate surface area is 166 Å². The van der Waals surface area contributed by atoms with Crippen molar-refractivity contribution < 1.29 is 19.1 Å². The molecule has 0 fully saturated rings. The van der Waals surface area contributed by atoms with Crippen LogP contribution in [-0.2, 0) is 20.9 Å². The average Bonchev–Trinajstić information content (AvgIpc) is 2.65. The molecular formula is C21H20BrNO4. The van der Waals surface area contributed by atoms with Crippen molar-refractivity contribution in [3.63, 3.8) is 0 Å². The molecule has 0 unspecified atom stereocenters. The Bertz CT molecular complexity index is 881. The highest BCUT2D eigenvalue weighted by Gasteiger charge is 2.37. The molecule has 2 atom stereocenters. The maximum Gasteiger partial charge on any atom is 0.509 e. The third-order valence-electron chi connectivity index (χ3n) is 4.55. The lowest BCUT2D eigenvalue weighted by atomic mass is 9.89. The molecule has 6 heteroatoms. The smallest absolute Gasteiger partial charge is 0.429 e. The molecule has 2 aromatic carbocycles. The van der Waals surface area contributed by atoms with Gasteiger partial charge in [0.05, 0.1) is 11.7 Å². The Morgan fingerprint density at radius 2 is 1.89 bits per heavy atom. The molecule has 140 valence electrons. The lowest BCUT2D eigenvalue weighted by molar-refractivity contribution is -0.117. The second-order valence-electron chi connectivity index (χ2n) is 6.37. The summed E-state index contributed by atoms with van der Waals surface area (Å²) in [5, 5.41) is 0. The van der Waals surface area contributed by atoms with Crippen LogP contribution in [0, 0.1) is 0 Å². The fourth-order valence-corrected chi connectivity index (χ4v) is 3.56. The Balaban J connectivity index is 1.82. The number of hydrogen-bond acceptors (Lipinski definition) is 4. The van der Waals surface area contributed by atoms with E-state index >= 15 is 0 Å². The average molecular weight is 430 g/mol. The minimum Gasteiger partial charge on any atom is -0.429 e. The minimum atomic E-state index is -0.778. The zero-order chi connectivity index (χ0) is 19.6. The first-order valence-corrected chi connectivity index (χ1v) is 9.33. The first-order chi connectivity index (χ1) is 12.9. The predicted molar refractivity (Wildman–Crippen MR) is 106 cm³/mol. The molecule has 27 heavy (non-hydrogen) atoms. The fourth-order valence-electron chi connectivity index (χ4n) is 3.18. The van der Waals surface area contributed by atoms with Gasteiger partial charge in [-0.15, -0.1) is 0 Å². The van der Waals surface area contributed by atoms with Gasteiger partial charge in [0.15, 0.2) is 6.10 Å². The van der Waals surface area contributed by atoms with Crippen molar-refractivity contribution in [3.8, 4) is 0 Å². The quantitative estimate of drug-likeness (QED) is 0.499. The van der Waals surface area contributed by atoms with Crippen LogP contribution >= 0.6 is 15.9 Å². The second kappa shape index (κ2) is 7.96. The van der Waals surface area contributed by atoms with Crippen LogP contribution in [0.15, 0.2) is 65.2 Å². The number of nitrogens with zero attached hydrogens (tertiary/aromatic N) is 1. The number of rotatable bonds is 3. The van der Waals surface area contributed by atoms with E-state index in [0.717, 1.165) is 10.0 Å². The van der Waals surface area contributed by atoms with E-state index in [1.807, 2.05) is 55.5 Å². The van der Waals surface area contributed by atoms with Gasteiger partial charge >= 0.3 is 6.16 Å². The molecule has 0 N–H and O–H groups in total. The van der Waals surface area contributed by atoms with Gasteiger partial charge in [-0.25, -0.2) is 4.79 Å². The summed E-state index contributed by atoms with van der Waals surface area (Å²) < 4.78 is 11.6. The summed E-state index contributed by atoms with van der Waals surface area (Å²) in [6.07, 6.45) is -1.47. The SMILES string of the molecule is C=C1[C@@H](OC(=O)OCc2ccccc2)c2cc(Br)ccc2N(C(C)=O)[C@H]1C. The van der Waals surface area contributed by atoms with Crippen molar-refractivity contribution in [2.45, 2.75) is 32.6 Å². The largest absolute Gasteiger partial charge is 0.509 e. The molecule has 1 amide bonds. The van der Waals surface area contributed by atoms with Gasteiger partial charge in [-0.2, -0.15) is 0 Å². The summed E-state index contributed by atoms with van der Waals surface area (Å²) in [6.45, 7) is 7.56. The standard InChI is InChI=1S/C21H20BrNO4/c1-13-14(2)23(15(3)24)19-10-9-17(22)11-18(19)20(13)27-21(25)26-12-16-7-5-4-6-8-16/h4-11,14,20H,1,12H2,2-3H3/t14-,20+/m0/s1. The zero-order valence-corrected chi connectivity index (χ0v) is 16.7. The van der Waals surface area contributed by atoms with Crippen molar-refractivity contribution in [2.75, 3.05) is 4.90 Å². The topological polar surface area (TPSA) is 55.8 Å². The number of carbonyl (C=O) groups is 2. The van der Waals surface area contributed by atoms with Crippen molar-refractivity contribution in [2.24, 2.45) is 0 Å². The molecule has 0 aliphatic carbocycles. The van der Waals surface area contributed by atoms with Gasteiger partial charge in [0.1, 0.15) is 6.61 Å². The van der Waals surface area contributed by atoms with Crippen molar-refractivity contribution in [1.29, 1.82) is 0 Å². The third kappa shape index (κ3) is 4.06. The molecule has 1 aliphatic rings. The van der Waals surface area contributed by atoms with Crippen molar-refractivity contribution >= 4 is 33.7 Å². The first-order valence-electron chi connectivity index (χ1n) is 8.53. The molecule has 0 bridgehead atoms. The van der Waals surface area contributed by atoms with Gasteiger partial charge in [0, 0.05) is 17.0 Å². The Morgan fingerprint density at radius 1 is 1.19 bits per heavy atom. The Kier molecular flexibility index (Phi) is 5.65. The van der Waals surface area contributed by atoms with Crippen molar-refractivity contribution in [3.05, 3.63) is 76.3 Å². The maximum absolute atomic E-state index is 12.3. The molecule has 0 radical (unpaired) electrons. The van der Waals surface area contributed by atoms with Crippen LogP contribution in [0.4, 0.5) is 10.5 Å². The molecule has 1 heterocycles. The van der Waals surface area contributed by atoms with Crippen LogP contribution in [0.5, 0.6) is 0 Å². The predicted octanol–water partition coefficient (Wildman–Crippen LogP) is 5.15. The van der Waals surface area contributed by atoms with Crippen LogP contribution in [0.25, 0.3) is 0 Å². The lowest BCUT2D eigenvalue weighted by Crippen LogP contribution is -2.44. The van der Waals surface area contributed by atoms with Gasteiger partial charge in [-0.3, -0.25) is 4.79 Å². The van der Waals surface area contributed by atoms with Gasteiger partial charge < -0.3 is 14.4 Å². The summed E-state index contributed by atoms with van der Waals surface area (Å²) >= 11 is 3.43. The molecule has 0 saturated heterocycles. The molecular weight excluding hydrogens is 410 g/mol. The third-order valence-corrected chi connectivity index (χ3v) is 5.04. The number of hydrogen-bond donors (Lipinski definition) is 0. The highest BCUT2D eigenvalue weighted by atomic mass is 79.9. The monoisotopic (exact) mass is 429 g/mol. The molecule has 2 aromatic rings. The number of fused-ring (bicyclic) bond motifs is 1. The summed E-state index contributed by atoms with van der Waals surface area (Å²) in [5.41, 5.74) is 2.88. The van der Waals surface area contributed by atoms with Gasteiger partial charge in [0.25, 0.3) is 0 Å². The van der Waals surface area contributed by atoms with Crippen LogP contribution in [0.1, 0.15) is 31.1 Å². The maximum atomic E-state index is 12.3. The number of benzene rings is 2. The molecule has 0 saturated carbocycles. The molecule has 1 aliphatic heterocycles. The molecule has 0 aromatic heterocycles. The zero-order valence-electron chi connectivity index (χ0n) is 15.1. The van der Waals surface area contributed by atoms with E-state index in [9.17, 15) is 9.59 Å². The van der Waals surface area contributed by atoms with Crippen molar-refractivity contribution in [1.82, 2.24) is 0 Å². The van der Waals surface area contributed by atoms with Gasteiger partial charge in [0.2, 0.25) is 5.91 Å². The Morgan fingerprint density at radius 3 is 2.56 bits per heavy atom. The van der Waals surface area contributed by atoms with E-state index in [-0.39, 0.29) is 18.6 Å². The van der Waals surface area contributed by atoms with E-state index in [1.54, 1.807) is 4.90 Å². The number of amides is 1. The second-order valence-corrected chi connectivity index (χ2v) is 7.28. The number of halogens is 1. The number of ether oxygens (including phenoxy) is 2. The minimum absolute atomic E-state index is 0.0997. The fraction of sp³-hybridized carbons (Fsp3) is 0.238. The van der Waals surface area contributed by atoms with E-state index in [0.29, 0.717) is 16.8 Å². The molecule has 0 spiro atoms. The normalized spacial score (nSPS) is 18.6. The number of anilines is 1. The molecule has 5 nitrogen and oxygen atoms in total. The highest BCUT2D eigenvalue weighted by molar-refractivity contribution is 9.10. The molecule has 3 rings (SSSR count). The highest BCUT2D eigenvalue weighted by Crippen LogP contribution is 2.43. The van der Waals surface area contributed by atoms with Gasteiger partial charge in [-0.05, 0) is 36.3 Å². The van der Waals surface area contributed by atoms with Crippen LogP contribution < -0.4 is 4.90 Å². The van der Waals surface area contributed by atoms with Crippen LogP contribution in [0.3, 0.4) is 0 Å². The van der Waals surface area contributed by atoms with E-state index in [2.05, 4.69) is 22.5 Å². The summed E-state index contributed by atoms with van der Waals surface area (Å²) in [4.78, 5) is 26.1. The Hall–Kier alpha value is -2.60. The van der Waals surface area contributed by atoms with Gasteiger partial charge in [-0.1, -0.05) is 52.8 Å². The summed E-state index contributed by atoms with van der Waals surface area (Å²) in [5.74, 6) is -0.0997. The van der Waals surface area contributed by atoms with E-state index in [1.165, 1.54) is 6.92 Å². The van der Waals surface area contributed by atoms with E-state index in [4.69, 9.17) is 9.47 Å². The van der Waals surface area contributed by atoms with E-state index < -0.39 is 12.3 Å².